The maximum absolute atomic E-state index is 11.6. The first-order chi connectivity index (χ1) is 9.65. The lowest BCUT2D eigenvalue weighted by Crippen LogP contribution is -2.31. The highest BCUT2D eigenvalue weighted by molar-refractivity contribution is 5.90. The first-order valence-corrected chi connectivity index (χ1v) is 7.11. The molecule has 1 heterocycles. The third-order valence-electron chi connectivity index (χ3n) is 3.41. The molecule has 0 spiro atoms. The average Bonchev–Trinajstić information content (AvgIpc) is 2.87. The van der Waals surface area contributed by atoms with Gasteiger partial charge in [-0.1, -0.05) is 5.16 Å². The Morgan fingerprint density at radius 2 is 2.20 bits per heavy atom. The molecule has 0 atom stereocenters. The van der Waals surface area contributed by atoms with E-state index in [4.69, 9.17) is 15.0 Å². The van der Waals surface area contributed by atoms with Crippen LogP contribution in [0.4, 0.5) is 0 Å². The molecule has 7 heteroatoms. The number of aromatic nitrogens is 2. The van der Waals surface area contributed by atoms with Crippen molar-refractivity contribution < 1.29 is 14.1 Å². The molecule has 2 rings (SSSR count). The van der Waals surface area contributed by atoms with Gasteiger partial charge in [0.15, 0.2) is 0 Å². The molecule has 1 aliphatic rings. The number of nitrogens with two attached hydrogens (primary N) is 1. The number of ether oxygens (including phenoxy) is 1. The monoisotopic (exact) mass is 282 g/mol. The van der Waals surface area contributed by atoms with E-state index in [0.29, 0.717) is 31.2 Å². The van der Waals surface area contributed by atoms with Gasteiger partial charge < -0.3 is 20.3 Å². The molecule has 1 aromatic heterocycles. The van der Waals surface area contributed by atoms with Crippen LogP contribution in [0.3, 0.4) is 0 Å². The minimum absolute atomic E-state index is 0.0738. The van der Waals surface area contributed by atoms with Gasteiger partial charge in [-0.15, -0.1) is 0 Å². The normalized spacial score (nSPS) is 22.7. The van der Waals surface area contributed by atoms with Gasteiger partial charge in [0, 0.05) is 26.1 Å². The maximum Gasteiger partial charge on any atom is 0.292 e. The summed E-state index contributed by atoms with van der Waals surface area (Å²) in [6.45, 7) is 2.83. The summed E-state index contributed by atoms with van der Waals surface area (Å²) >= 11 is 0. The second-order valence-electron chi connectivity index (χ2n) is 5.15. The van der Waals surface area contributed by atoms with Crippen LogP contribution in [-0.4, -0.2) is 41.3 Å². The van der Waals surface area contributed by atoms with Crippen LogP contribution in [0.5, 0.6) is 0 Å². The molecule has 112 valence electrons. The minimum Gasteiger partial charge on any atom is -0.378 e. The Morgan fingerprint density at radius 3 is 2.85 bits per heavy atom. The van der Waals surface area contributed by atoms with Crippen molar-refractivity contribution in [2.24, 2.45) is 5.73 Å². The zero-order valence-corrected chi connectivity index (χ0v) is 11.8. The van der Waals surface area contributed by atoms with E-state index in [-0.39, 0.29) is 11.7 Å². The van der Waals surface area contributed by atoms with E-state index in [1.807, 2.05) is 0 Å². The average molecular weight is 282 g/mol. The van der Waals surface area contributed by atoms with Crippen LogP contribution in [0.1, 0.15) is 48.6 Å². The number of amides is 1. The van der Waals surface area contributed by atoms with Gasteiger partial charge in [0.1, 0.15) is 0 Å². The fraction of sp³-hybridized carbons (Fsp3) is 0.769. The van der Waals surface area contributed by atoms with E-state index >= 15 is 0 Å². The van der Waals surface area contributed by atoms with E-state index in [1.165, 1.54) is 0 Å². The fourth-order valence-corrected chi connectivity index (χ4v) is 2.25. The first-order valence-electron chi connectivity index (χ1n) is 7.11. The summed E-state index contributed by atoms with van der Waals surface area (Å²) < 4.78 is 10.5. The summed E-state index contributed by atoms with van der Waals surface area (Å²) in [5.41, 5.74) is 5.84. The van der Waals surface area contributed by atoms with Crippen molar-refractivity contribution in [2.75, 3.05) is 13.2 Å². The van der Waals surface area contributed by atoms with Gasteiger partial charge >= 0.3 is 0 Å². The van der Waals surface area contributed by atoms with E-state index in [1.54, 1.807) is 6.92 Å². The van der Waals surface area contributed by atoms with Crippen LogP contribution in [0.25, 0.3) is 0 Å². The number of hydrogen-bond donors (Lipinski definition) is 2. The van der Waals surface area contributed by atoms with E-state index in [0.717, 1.165) is 32.1 Å². The predicted octanol–water partition coefficient (Wildman–Crippen LogP) is 0.784. The summed E-state index contributed by atoms with van der Waals surface area (Å²) in [5.74, 6) is 0.143. The van der Waals surface area contributed by atoms with Gasteiger partial charge in [-0.25, -0.2) is 0 Å². The van der Waals surface area contributed by atoms with Gasteiger partial charge in [-0.2, -0.15) is 4.98 Å². The molecule has 3 N–H and O–H groups in total. The number of rotatable bonds is 6. The zero-order chi connectivity index (χ0) is 14.4. The Bertz CT molecular complexity index is 427. The number of nitrogens with zero attached hydrogens (tertiary/aromatic N) is 2. The SMILES string of the molecule is Cc1nc(C(=O)NCCCOC2CCC(N)CC2)no1. The van der Waals surface area contributed by atoms with Gasteiger partial charge in [-0.05, 0) is 32.1 Å². The standard InChI is InChI=1S/C13H22N4O3/c1-9-16-12(17-20-9)13(18)15-7-2-8-19-11-5-3-10(14)4-6-11/h10-11H,2-8,14H2,1H3,(H,15,18). The molecule has 1 fully saturated rings. The molecule has 0 saturated heterocycles. The molecule has 20 heavy (non-hydrogen) atoms. The molecule has 0 radical (unpaired) electrons. The third kappa shape index (κ3) is 4.57. The quantitative estimate of drug-likeness (QED) is 0.747. The van der Waals surface area contributed by atoms with Crippen molar-refractivity contribution in [3.63, 3.8) is 0 Å². The van der Waals surface area contributed by atoms with Crippen molar-refractivity contribution in [2.45, 2.75) is 51.2 Å². The molecule has 0 unspecified atom stereocenters. The number of carbonyl (C=O) groups is 1. The smallest absolute Gasteiger partial charge is 0.292 e. The Hall–Kier alpha value is -1.47. The highest BCUT2D eigenvalue weighted by atomic mass is 16.5. The highest BCUT2D eigenvalue weighted by Gasteiger charge is 2.18. The van der Waals surface area contributed by atoms with Gasteiger partial charge in [0.2, 0.25) is 5.89 Å². The van der Waals surface area contributed by atoms with E-state index < -0.39 is 0 Å². The molecule has 0 aromatic carbocycles. The van der Waals surface area contributed by atoms with Crippen LogP contribution in [0.15, 0.2) is 4.52 Å². The molecular formula is C13H22N4O3. The topological polar surface area (TPSA) is 103 Å². The molecule has 1 saturated carbocycles. The number of carbonyl (C=O) groups excluding carboxylic acids is 1. The zero-order valence-electron chi connectivity index (χ0n) is 11.8. The fourth-order valence-electron chi connectivity index (χ4n) is 2.25. The van der Waals surface area contributed by atoms with Gasteiger partial charge in [-0.3, -0.25) is 4.79 Å². The summed E-state index contributed by atoms with van der Waals surface area (Å²) in [6.07, 6.45) is 5.25. The Labute approximate surface area is 118 Å². The van der Waals surface area contributed by atoms with Crippen molar-refractivity contribution in [1.29, 1.82) is 0 Å². The van der Waals surface area contributed by atoms with Gasteiger partial charge in [0.05, 0.1) is 6.10 Å². The van der Waals surface area contributed by atoms with Crippen LogP contribution in [0.2, 0.25) is 0 Å². The Kier molecular flexibility index (Phi) is 5.49. The molecule has 0 aliphatic heterocycles. The molecular weight excluding hydrogens is 260 g/mol. The number of hydrogen-bond acceptors (Lipinski definition) is 6. The minimum atomic E-state index is -0.314. The van der Waals surface area contributed by atoms with Crippen molar-refractivity contribution in [1.82, 2.24) is 15.5 Å². The van der Waals surface area contributed by atoms with Crippen molar-refractivity contribution >= 4 is 5.91 Å². The molecule has 1 aromatic rings. The molecule has 1 amide bonds. The predicted molar refractivity (Wildman–Crippen MR) is 72.2 cm³/mol. The van der Waals surface area contributed by atoms with Gasteiger partial charge in [0.25, 0.3) is 11.7 Å². The maximum atomic E-state index is 11.6. The largest absolute Gasteiger partial charge is 0.378 e. The summed E-state index contributed by atoms with van der Waals surface area (Å²) in [4.78, 5) is 15.5. The van der Waals surface area contributed by atoms with Crippen molar-refractivity contribution in [3.8, 4) is 0 Å². The lowest BCUT2D eigenvalue weighted by molar-refractivity contribution is 0.0241. The van der Waals surface area contributed by atoms with Crippen LogP contribution in [0, 0.1) is 6.92 Å². The van der Waals surface area contributed by atoms with Crippen LogP contribution in [-0.2, 0) is 4.74 Å². The highest BCUT2D eigenvalue weighted by Crippen LogP contribution is 2.19. The number of aryl methyl sites for hydroxylation is 1. The summed E-state index contributed by atoms with van der Waals surface area (Å²) in [7, 11) is 0. The second-order valence-corrected chi connectivity index (χ2v) is 5.15. The summed E-state index contributed by atoms with van der Waals surface area (Å²) in [5, 5.41) is 6.29. The van der Waals surface area contributed by atoms with E-state index in [9.17, 15) is 4.79 Å². The number of nitrogens with one attached hydrogen (secondary N) is 1. The summed E-state index contributed by atoms with van der Waals surface area (Å²) in [6, 6.07) is 0.340. The Balaban J connectivity index is 1.54. The molecule has 0 bridgehead atoms. The lowest BCUT2D eigenvalue weighted by atomic mass is 9.94. The van der Waals surface area contributed by atoms with Crippen LogP contribution >= 0.6 is 0 Å². The molecule has 7 nitrogen and oxygen atoms in total. The first kappa shape index (κ1) is 14.9. The Morgan fingerprint density at radius 1 is 1.45 bits per heavy atom. The second kappa shape index (κ2) is 7.35. The van der Waals surface area contributed by atoms with Crippen LogP contribution < -0.4 is 11.1 Å². The van der Waals surface area contributed by atoms with Crippen molar-refractivity contribution in [3.05, 3.63) is 11.7 Å². The third-order valence-corrected chi connectivity index (χ3v) is 3.41. The van der Waals surface area contributed by atoms with E-state index in [2.05, 4.69) is 15.5 Å². The molecule has 1 aliphatic carbocycles. The lowest BCUT2D eigenvalue weighted by Gasteiger charge is -2.26.